The number of nitrogens with zero attached hydrogens (tertiary/aromatic N) is 3. The first-order valence-corrected chi connectivity index (χ1v) is 9.71. The number of benzene rings is 1. The molecule has 2 amide bonds. The Bertz CT molecular complexity index is 739. The highest BCUT2D eigenvalue weighted by Gasteiger charge is 2.35. The van der Waals surface area contributed by atoms with E-state index in [-0.39, 0.29) is 17.7 Å². The quantitative estimate of drug-likeness (QED) is 0.704. The van der Waals surface area contributed by atoms with Crippen LogP contribution >= 0.6 is 11.8 Å². The maximum Gasteiger partial charge on any atom is 0.227 e. The lowest BCUT2D eigenvalue weighted by molar-refractivity contribution is -0.134. The molecule has 0 N–H and O–H groups in total. The molecule has 2 heterocycles. The molecule has 1 aromatic heterocycles. The van der Waals surface area contributed by atoms with Crippen molar-refractivity contribution in [3.63, 3.8) is 0 Å². The van der Waals surface area contributed by atoms with Gasteiger partial charge < -0.3 is 9.80 Å². The summed E-state index contributed by atoms with van der Waals surface area (Å²) in [7, 11) is 1.82. The van der Waals surface area contributed by atoms with Gasteiger partial charge >= 0.3 is 0 Å². The molecule has 6 heteroatoms. The number of thioether (sulfide) groups is 1. The number of pyridine rings is 1. The van der Waals surface area contributed by atoms with Gasteiger partial charge in [0.2, 0.25) is 11.8 Å². The lowest BCUT2D eigenvalue weighted by Gasteiger charge is -2.21. The van der Waals surface area contributed by atoms with E-state index in [1.807, 2.05) is 37.4 Å². The largest absolute Gasteiger partial charge is 0.345 e. The van der Waals surface area contributed by atoms with Gasteiger partial charge in [-0.1, -0.05) is 18.2 Å². The van der Waals surface area contributed by atoms with Crippen LogP contribution < -0.4 is 0 Å². The van der Waals surface area contributed by atoms with Gasteiger partial charge in [0.05, 0.1) is 5.92 Å². The molecule has 0 spiro atoms. The molecule has 1 fully saturated rings. The van der Waals surface area contributed by atoms with E-state index in [2.05, 4.69) is 17.1 Å². The Morgan fingerprint density at radius 2 is 1.96 bits per heavy atom. The van der Waals surface area contributed by atoms with E-state index in [1.165, 1.54) is 4.90 Å². The molecule has 0 aliphatic carbocycles. The fourth-order valence-electron chi connectivity index (χ4n) is 3.04. The minimum atomic E-state index is -0.240. The van der Waals surface area contributed by atoms with Crippen LogP contribution in [0, 0.1) is 5.92 Å². The Labute approximate surface area is 158 Å². The summed E-state index contributed by atoms with van der Waals surface area (Å²) in [5.41, 5.74) is 1.04. The summed E-state index contributed by atoms with van der Waals surface area (Å²) < 4.78 is 0. The van der Waals surface area contributed by atoms with Crippen LogP contribution in [0.2, 0.25) is 0 Å². The smallest absolute Gasteiger partial charge is 0.227 e. The van der Waals surface area contributed by atoms with Crippen molar-refractivity contribution in [3.05, 3.63) is 60.4 Å². The highest BCUT2D eigenvalue weighted by molar-refractivity contribution is 7.99. The third-order valence-corrected chi connectivity index (χ3v) is 5.49. The molecule has 5 nitrogen and oxygen atoms in total. The van der Waals surface area contributed by atoms with E-state index >= 15 is 0 Å². The molecular formula is C20H23N3O2S. The van der Waals surface area contributed by atoms with E-state index in [4.69, 9.17) is 0 Å². The van der Waals surface area contributed by atoms with Crippen LogP contribution in [0.5, 0.6) is 0 Å². The van der Waals surface area contributed by atoms with Gasteiger partial charge in [-0.05, 0) is 29.8 Å². The van der Waals surface area contributed by atoms with E-state index in [0.717, 1.165) is 11.3 Å². The number of amides is 2. The lowest BCUT2D eigenvalue weighted by Crippen LogP contribution is -2.35. The molecule has 1 aliphatic rings. The number of carbonyl (C=O) groups is 2. The van der Waals surface area contributed by atoms with Crippen molar-refractivity contribution in [1.82, 2.24) is 14.8 Å². The average Bonchev–Trinajstić information content (AvgIpc) is 3.03. The van der Waals surface area contributed by atoms with E-state index in [9.17, 15) is 9.59 Å². The lowest BCUT2D eigenvalue weighted by atomic mass is 10.1. The minimum Gasteiger partial charge on any atom is -0.345 e. The fraction of sp³-hybridized carbons (Fsp3) is 0.350. The third-order valence-electron chi connectivity index (χ3n) is 4.50. The van der Waals surface area contributed by atoms with Crippen LogP contribution in [-0.2, 0) is 16.1 Å². The maximum atomic E-state index is 12.7. The zero-order chi connectivity index (χ0) is 18.4. The van der Waals surface area contributed by atoms with Crippen LogP contribution in [0.1, 0.15) is 12.0 Å². The van der Waals surface area contributed by atoms with Crippen LogP contribution in [0.4, 0.5) is 0 Å². The Morgan fingerprint density at radius 1 is 1.23 bits per heavy atom. The highest BCUT2D eigenvalue weighted by atomic mass is 32.2. The monoisotopic (exact) mass is 369 g/mol. The van der Waals surface area contributed by atoms with E-state index in [0.29, 0.717) is 26.1 Å². The van der Waals surface area contributed by atoms with Crippen molar-refractivity contribution in [3.8, 4) is 0 Å². The number of aromatic nitrogens is 1. The number of hydrogen-bond donors (Lipinski definition) is 0. The number of carbonyl (C=O) groups excluding carboxylic acids is 2. The second kappa shape index (κ2) is 8.85. The normalized spacial score (nSPS) is 16.7. The third kappa shape index (κ3) is 4.85. The molecular weight excluding hydrogens is 346 g/mol. The second-order valence-corrected chi connectivity index (χ2v) is 7.62. The van der Waals surface area contributed by atoms with Gasteiger partial charge in [-0.15, -0.1) is 11.8 Å². The molecule has 0 unspecified atom stereocenters. The van der Waals surface area contributed by atoms with Crippen molar-refractivity contribution >= 4 is 23.6 Å². The summed E-state index contributed by atoms with van der Waals surface area (Å²) in [5.74, 6) is 0.709. The predicted molar refractivity (Wildman–Crippen MR) is 103 cm³/mol. The van der Waals surface area contributed by atoms with Crippen molar-refractivity contribution in [1.29, 1.82) is 0 Å². The van der Waals surface area contributed by atoms with Crippen LogP contribution in [-0.4, -0.2) is 52.5 Å². The fourth-order valence-corrected chi connectivity index (χ4v) is 3.99. The van der Waals surface area contributed by atoms with Crippen LogP contribution in [0.15, 0.2) is 59.8 Å². The molecule has 3 rings (SSSR count). The van der Waals surface area contributed by atoms with Crippen molar-refractivity contribution in [2.75, 3.05) is 25.9 Å². The summed E-state index contributed by atoms with van der Waals surface area (Å²) in [6, 6.07) is 14.0. The Morgan fingerprint density at radius 3 is 2.69 bits per heavy atom. The molecule has 0 saturated carbocycles. The van der Waals surface area contributed by atoms with Gasteiger partial charge in [0, 0.05) is 56.1 Å². The first kappa shape index (κ1) is 18.5. The second-order valence-electron chi connectivity index (χ2n) is 6.45. The molecule has 136 valence electrons. The Balaban J connectivity index is 1.47. The first-order valence-electron chi connectivity index (χ1n) is 8.73. The van der Waals surface area contributed by atoms with Crippen LogP contribution in [0.3, 0.4) is 0 Å². The van der Waals surface area contributed by atoms with E-state index < -0.39 is 0 Å². The molecule has 26 heavy (non-hydrogen) atoms. The summed E-state index contributed by atoms with van der Waals surface area (Å²) in [6.07, 6.45) is 3.74. The zero-order valence-electron chi connectivity index (χ0n) is 14.9. The van der Waals surface area contributed by atoms with Crippen molar-refractivity contribution in [2.24, 2.45) is 5.92 Å². The van der Waals surface area contributed by atoms with Gasteiger partial charge in [0.1, 0.15) is 0 Å². The molecule has 1 aromatic carbocycles. The van der Waals surface area contributed by atoms with Gasteiger partial charge in [-0.25, -0.2) is 0 Å². The summed E-state index contributed by atoms with van der Waals surface area (Å²) in [6.45, 7) is 1.71. The Kier molecular flexibility index (Phi) is 6.28. The predicted octanol–water partition coefficient (Wildman–Crippen LogP) is 2.68. The standard InChI is InChI=1S/C20H23N3O2S/c1-22(11-12-26-18-5-3-2-4-6-18)20(25)17-13-19(24)23(15-17)14-16-7-9-21-10-8-16/h2-10,17H,11-15H2,1H3/t17-/m0/s1. The molecule has 2 aromatic rings. The van der Waals surface area contributed by atoms with Crippen molar-refractivity contribution in [2.45, 2.75) is 17.9 Å². The van der Waals surface area contributed by atoms with Gasteiger partial charge in [0.25, 0.3) is 0 Å². The summed E-state index contributed by atoms with van der Waals surface area (Å²) >= 11 is 1.73. The average molecular weight is 369 g/mol. The highest BCUT2D eigenvalue weighted by Crippen LogP contribution is 2.22. The maximum absolute atomic E-state index is 12.7. The van der Waals surface area contributed by atoms with Gasteiger partial charge in [0.15, 0.2) is 0 Å². The van der Waals surface area contributed by atoms with Gasteiger partial charge in [-0.3, -0.25) is 14.6 Å². The van der Waals surface area contributed by atoms with Crippen LogP contribution in [0.25, 0.3) is 0 Å². The molecule has 1 atom stereocenters. The van der Waals surface area contributed by atoms with E-state index in [1.54, 1.807) is 34.0 Å². The SMILES string of the molecule is CN(CCSc1ccccc1)C(=O)[C@H]1CC(=O)N(Cc2ccncc2)C1. The minimum absolute atomic E-state index is 0.0484. The topological polar surface area (TPSA) is 53.5 Å². The molecule has 0 bridgehead atoms. The Hall–Kier alpha value is -2.34. The molecule has 1 saturated heterocycles. The molecule has 0 radical (unpaired) electrons. The summed E-state index contributed by atoms with van der Waals surface area (Å²) in [4.78, 5) is 33.6. The van der Waals surface area contributed by atoms with Gasteiger partial charge in [-0.2, -0.15) is 0 Å². The number of rotatable bonds is 7. The zero-order valence-corrected chi connectivity index (χ0v) is 15.7. The molecule has 1 aliphatic heterocycles. The number of likely N-dealkylation sites (tertiary alicyclic amines) is 1. The van der Waals surface area contributed by atoms with Crippen molar-refractivity contribution < 1.29 is 9.59 Å². The number of hydrogen-bond acceptors (Lipinski definition) is 4. The summed E-state index contributed by atoms with van der Waals surface area (Å²) in [5, 5.41) is 0. The first-order chi connectivity index (χ1) is 12.6.